The van der Waals surface area contributed by atoms with E-state index >= 15 is 0 Å². The molecule has 1 fully saturated rings. The Kier molecular flexibility index (Phi) is 6.83. The van der Waals surface area contributed by atoms with Crippen LogP contribution in [0, 0.1) is 0 Å². The fraction of sp³-hybridized carbons (Fsp3) is 0.667. The number of aliphatic hydroxyl groups excluding tert-OH is 2. The molecule has 1 aromatic rings. The van der Waals surface area contributed by atoms with E-state index in [0.717, 1.165) is 25.9 Å². The fourth-order valence-electron chi connectivity index (χ4n) is 3.44. The quantitative estimate of drug-likeness (QED) is 0.768. The molecule has 124 valence electrons. The minimum atomic E-state index is -0.344. The summed E-state index contributed by atoms with van der Waals surface area (Å²) in [4.78, 5) is 4.51. The van der Waals surface area contributed by atoms with Gasteiger partial charge in [-0.1, -0.05) is 30.3 Å². The molecule has 1 aromatic carbocycles. The summed E-state index contributed by atoms with van der Waals surface area (Å²) in [5, 5.41) is 19.9. The van der Waals surface area contributed by atoms with Gasteiger partial charge in [0.05, 0.1) is 12.2 Å². The first-order chi connectivity index (χ1) is 10.5. The Labute approximate surface area is 134 Å². The molecule has 0 radical (unpaired) electrons. The molecule has 1 heterocycles. The Hall–Kier alpha value is -0.940. The van der Waals surface area contributed by atoms with Crippen molar-refractivity contribution in [1.29, 1.82) is 0 Å². The van der Waals surface area contributed by atoms with Crippen LogP contribution in [-0.2, 0) is 6.54 Å². The summed E-state index contributed by atoms with van der Waals surface area (Å²) in [7, 11) is 2.05. The molecular weight excluding hydrogens is 276 g/mol. The molecule has 0 aliphatic carbocycles. The van der Waals surface area contributed by atoms with Crippen LogP contribution >= 0.6 is 0 Å². The van der Waals surface area contributed by atoms with Crippen LogP contribution in [0.2, 0.25) is 0 Å². The van der Waals surface area contributed by atoms with Crippen molar-refractivity contribution in [3.8, 4) is 0 Å². The first-order valence-electron chi connectivity index (χ1n) is 8.37. The second-order valence-corrected chi connectivity index (χ2v) is 6.71. The molecule has 4 heteroatoms. The molecule has 1 saturated heterocycles. The van der Waals surface area contributed by atoms with E-state index in [0.29, 0.717) is 19.1 Å². The number of likely N-dealkylation sites (tertiary alicyclic amines) is 1. The van der Waals surface area contributed by atoms with Gasteiger partial charge >= 0.3 is 0 Å². The Morgan fingerprint density at radius 1 is 1.27 bits per heavy atom. The van der Waals surface area contributed by atoms with Crippen molar-refractivity contribution in [1.82, 2.24) is 9.80 Å². The molecule has 1 aliphatic heterocycles. The van der Waals surface area contributed by atoms with Crippen LogP contribution < -0.4 is 0 Å². The number of hydrogen-bond donors (Lipinski definition) is 2. The number of likely N-dealkylation sites (N-methyl/N-ethyl adjacent to an activating group) is 1. The number of rotatable bonds is 8. The smallest absolute Gasteiger partial charge is 0.0793 e. The predicted molar refractivity (Wildman–Crippen MR) is 89.7 cm³/mol. The second-order valence-electron chi connectivity index (χ2n) is 6.71. The maximum atomic E-state index is 10.4. The van der Waals surface area contributed by atoms with Gasteiger partial charge in [0, 0.05) is 25.7 Å². The lowest BCUT2D eigenvalue weighted by atomic mass is 10.1. The summed E-state index contributed by atoms with van der Waals surface area (Å²) >= 11 is 0. The van der Waals surface area contributed by atoms with E-state index in [1.54, 1.807) is 0 Å². The summed E-state index contributed by atoms with van der Waals surface area (Å²) in [5.74, 6) is 0. The van der Waals surface area contributed by atoms with Gasteiger partial charge in [0.1, 0.15) is 0 Å². The van der Waals surface area contributed by atoms with E-state index in [2.05, 4.69) is 21.9 Å². The number of β-amino-alcohol motifs (C(OH)–C–C–N with tert-alkyl or cyclic N) is 1. The monoisotopic (exact) mass is 306 g/mol. The molecule has 1 aliphatic rings. The third kappa shape index (κ3) is 5.69. The fourth-order valence-corrected chi connectivity index (χ4v) is 3.44. The molecular formula is C18H30N2O2. The molecule has 0 aromatic heterocycles. The van der Waals surface area contributed by atoms with E-state index in [9.17, 15) is 10.2 Å². The third-order valence-corrected chi connectivity index (χ3v) is 4.38. The summed E-state index contributed by atoms with van der Waals surface area (Å²) < 4.78 is 0. The van der Waals surface area contributed by atoms with Gasteiger partial charge in [0.15, 0.2) is 0 Å². The van der Waals surface area contributed by atoms with Gasteiger partial charge in [-0.25, -0.2) is 0 Å². The van der Waals surface area contributed by atoms with Crippen molar-refractivity contribution in [2.24, 2.45) is 0 Å². The highest BCUT2D eigenvalue weighted by Gasteiger charge is 2.27. The predicted octanol–water partition coefficient (Wildman–Crippen LogP) is 1.71. The van der Waals surface area contributed by atoms with Gasteiger partial charge in [0.25, 0.3) is 0 Å². The van der Waals surface area contributed by atoms with Gasteiger partial charge in [0.2, 0.25) is 0 Å². The van der Waals surface area contributed by atoms with E-state index in [-0.39, 0.29) is 12.2 Å². The van der Waals surface area contributed by atoms with Gasteiger partial charge in [-0.05, 0) is 45.3 Å². The molecule has 3 unspecified atom stereocenters. The molecule has 0 amide bonds. The number of benzene rings is 1. The lowest BCUT2D eigenvalue weighted by molar-refractivity contribution is 0.0625. The highest BCUT2D eigenvalue weighted by Crippen LogP contribution is 2.21. The minimum absolute atomic E-state index is 0.261. The second kappa shape index (κ2) is 8.63. The highest BCUT2D eigenvalue weighted by atomic mass is 16.3. The molecule has 4 nitrogen and oxygen atoms in total. The van der Waals surface area contributed by atoms with Crippen LogP contribution in [0.4, 0.5) is 0 Å². The van der Waals surface area contributed by atoms with E-state index in [1.807, 2.05) is 32.2 Å². The first-order valence-corrected chi connectivity index (χ1v) is 8.37. The number of hydrogen-bond acceptors (Lipinski definition) is 4. The summed E-state index contributed by atoms with van der Waals surface area (Å²) in [5.41, 5.74) is 1.27. The van der Waals surface area contributed by atoms with Gasteiger partial charge in [-0.15, -0.1) is 0 Å². The van der Waals surface area contributed by atoms with E-state index in [1.165, 1.54) is 12.0 Å². The van der Waals surface area contributed by atoms with Crippen molar-refractivity contribution < 1.29 is 10.2 Å². The molecule has 3 atom stereocenters. The van der Waals surface area contributed by atoms with E-state index < -0.39 is 0 Å². The highest BCUT2D eigenvalue weighted by molar-refractivity contribution is 5.14. The van der Waals surface area contributed by atoms with Crippen LogP contribution in [0.15, 0.2) is 30.3 Å². The zero-order valence-electron chi connectivity index (χ0n) is 13.9. The lowest BCUT2D eigenvalue weighted by Crippen LogP contribution is -2.41. The van der Waals surface area contributed by atoms with Crippen molar-refractivity contribution >= 4 is 0 Å². The third-order valence-electron chi connectivity index (χ3n) is 4.38. The number of aliphatic hydroxyl groups is 2. The topological polar surface area (TPSA) is 46.9 Å². The normalized spacial score (nSPS) is 22.1. The molecule has 2 rings (SSSR count). The number of nitrogens with zero attached hydrogens (tertiary/aromatic N) is 2. The summed E-state index contributed by atoms with van der Waals surface area (Å²) in [6, 6.07) is 10.8. The average molecular weight is 306 g/mol. The molecule has 0 saturated carbocycles. The van der Waals surface area contributed by atoms with Gasteiger partial charge < -0.3 is 10.2 Å². The maximum absolute atomic E-state index is 10.4. The van der Waals surface area contributed by atoms with E-state index in [4.69, 9.17) is 0 Å². The van der Waals surface area contributed by atoms with Crippen LogP contribution in [0.3, 0.4) is 0 Å². The first kappa shape index (κ1) is 17.4. The van der Waals surface area contributed by atoms with Crippen LogP contribution in [0.1, 0.15) is 31.7 Å². The van der Waals surface area contributed by atoms with Crippen molar-refractivity contribution in [2.45, 2.75) is 51.0 Å². The van der Waals surface area contributed by atoms with Crippen LogP contribution in [0.5, 0.6) is 0 Å². The van der Waals surface area contributed by atoms with Gasteiger partial charge in [-0.2, -0.15) is 0 Å². The molecule has 2 N–H and O–H groups in total. The van der Waals surface area contributed by atoms with Crippen molar-refractivity contribution in [3.63, 3.8) is 0 Å². The molecule has 0 spiro atoms. The van der Waals surface area contributed by atoms with Gasteiger partial charge in [-0.3, -0.25) is 9.80 Å². The standard InChI is InChI=1S/C18H30N2O2/c1-15(21)11-17-9-6-10-20(17)14-18(22)13-19(2)12-16-7-4-3-5-8-16/h3-5,7-8,15,17-18,21-22H,6,9-14H2,1-2H3. The van der Waals surface area contributed by atoms with Crippen molar-refractivity contribution in [2.75, 3.05) is 26.7 Å². The maximum Gasteiger partial charge on any atom is 0.0793 e. The summed E-state index contributed by atoms with van der Waals surface area (Å²) in [6.07, 6.45) is 2.51. The van der Waals surface area contributed by atoms with Crippen LogP contribution in [0.25, 0.3) is 0 Å². The Morgan fingerprint density at radius 2 is 2.00 bits per heavy atom. The lowest BCUT2D eigenvalue weighted by Gasteiger charge is -2.29. The largest absolute Gasteiger partial charge is 0.393 e. The molecule has 22 heavy (non-hydrogen) atoms. The zero-order valence-corrected chi connectivity index (χ0v) is 13.9. The van der Waals surface area contributed by atoms with Crippen molar-refractivity contribution in [3.05, 3.63) is 35.9 Å². The zero-order chi connectivity index (χ0) is 15.9. The average Bonchev–Trinajstić information content (AvgIpc) is 2.85. The minimum Gasteiger partial charge on any atom is -0.393 e. The SMILES string of the molecule is CC(O)CC1CCCN1CC(O)CN(C)Cc1ccccc1. The Bertz CT molecular complexity index is 424. The Morgan fingerprint density at radius 3 is 2.68 bits per heavy atom. The molecule has 0 bridgehead atoms. The Balaban J connectivity index is 1.75. The summed E-state index contributed by atoms with van der Waals surface area (Å²) in [6.45, 7) is 5.12. The van der Waals surface area contributed by atoms with Crippen LogP contribution in [-0.4, -0.2) is 64.9 Å².